The van der Waals surface area contributed by atoms with Crippen molar-refractivity contribution in [3.8, 4) is 0 Å². The van der Waals surface area contributed by atoms with E-state index in [9.17, 15) is 9.59 Å². The first-order valence-corrected chi connectivity index (χ1v) is 6.83. The van der Waals surface area contributed by atoms with E-state index >= 15 is 0 Å². The monoisotopic (exact) mass is 257 g/mol. The van der Waals surface area contributed by atoms with Crippen LogP contribution in [0.15, 0.2) is 30.3 Å². The van der Waals surface area contributed by atoms with Gasteiger partial charge in [0.25, 0.3) is 0 Å². The number of para-hydroxylation sites is 1. The first kappa shape index (κ1) is 12.4. The molecule has 1 aliphatic heterocycles. The van der Waals surface area contributed by atoms with Gasteiger partial charge in [0.2, 0.25) is 11.8 Å². The molecule has 100 valence electrons. The van der Waals surface area contributed by atoms with Crippen LogP contribution in [0.1, 0.15) is 33.6 Å². The molecule has 1 saturated carbocycles. The first-order valence-electron chi connectivity index (χ1n) is 6.83. The van der Waals surface area contributed by atoms with E-state index in [1.807, 2.05) is 37.3 Å². The number of piperidine rings is 1. The van der Waals surface area contributed by atoms with E-state index < -0.39 is 5.41 Å². The molecule has 2 fully saturated rings. The number of nitrogens with zero attached hydrogens (tertiary/aromatic N) is 1. The zero-order valence-corrected chi connectivity index (χ0v) is 11.6. The van der Waals surface area contributed by atoms with Gasteiger partial charge in [0.05, 0.1) is 11.1 Å². The van der Waals surface area contributed by atoms with E-state index in [0.717, 1.165) is 12.8 Å². The molecule has 0 radical (unpaired) electrons. The van der Waals surface area contributed by atoms with Crippen LogP contribution in [0.2, 0.25) is 0 Å². The molecule has 0 N–H and O–H groups in total. The number of anilines is 1. The highest BCUT2D eigenvalue weighted by Gasteiger charge is 2.64. The molecule has 3 nitrogen and oxygen atoms in total. The van der Waals surface area contributed by atoms with Crippen molar-refractivity contribution >= 4 is 17.5 Å². The summed E-state index contributed by atoms with van der Waals surface area (Å²) in [5.41, 5.74) is 0.0274. The molecule has 0 aromatic heterocycles. The molecular formula is C16H19NO2. The fraction of sp³-hybridized carbons (Fsp3) is 0.500. The van der Waals surface area contributed by atoms with Gasteiger partial charge in [-0.2, -0.15) is 0 Å². The van der Waals surface area contributed by atoms with Gasteiger partial charge in [-0.25, -0.2) is 4.90 Å². The predicted molar refractivity (Wildman–Crippen MR) is 73.5 cm³/mol. The van der Waals surface area contributed by atoms with Gasteiger partial charge in [-0.15, -0.1) is 0 Å². The van der Waals surface area contributed by atoms with Crippen LogP contribution in [-0.2, 0) is 9.59 Å². The molecule has 19 heavy (non-hydrogen) atoms. The first-order chi connectivity index (χ1) is 8.89. The summed E-state index contributed by atoms with van der Waals surface area (Å²) in [5, 5.41) is 0. The minimum absolute atomic E-state index is 0.0313. The number of hydrogen-bond acceptors (Lipinski definition) is 2. The SMILES string of the molecule is CC12CCC(C(=O)N(c3ccccc3)C1=O)C2(C)C. The van der Waals surface area contributed by atoms with Crippen LogP contribution in [-0.4, -0.2) is 11.8 Å². The van der Waals surface area contributed by atoms with Crippen LogP contribution in [0.5, 0.6) is 0 Å². The summed E-state index contributed by atoms with van der Waals surface area (Å²) in [6.07, 6.45) is 1.62. The summed E-state index contributed by atoms with van der Waals surface area (Å²) in [4.78, 5) is 26.9. The van der Waals surface area contributed by atoms with Gasteiger partial charge in [-0.1, -0.05) is 39.0 Å². The fourth-order valence-electron chi connectivity index (χ4n) is 3.64. The minimum atomic E-state index is -0.429. The lowest BCUT2D eigenvalue weighted by atomic mass is 9.62. The number of hydrogen-bond donors (Lipinski definition) is 0. The summed E-state index contributed by atoms with van der Waals surface area (Å²) in [6, 6.07) is 9.27. The average Bonchev–Trinajstić information content (AvgIpc) is 2.56. The second kappa shape index (κ2) is 3.69. The van der Waals surface area contributed by atoms with E-state index in [4.69, 9.17) is 0 Å². The summed E-state index contributed by atoms with van der Waals surface area (Å²) in [7, 11) is 0. The van der Waals surface area contributed by atoms with Gasteiger partial charge in [-0.3, -0.25) is 9.59 Å². The van der Waals surface area contributed by atoms with Crippen LogP contribution < -0.4 is 4.90 Å². The van der Waals surface area contributed by atoms with Gasteiger partial charge in [-0.05, 0) is 30.4 Å². The Labute approximate surface area is 113 Å². The van der Waals surface area contributed by atoms with Crippen LogP contribution in [0.4, 0.5) is 5.69 Å². The van der Waals surface area contributed by atoms with E-state index in [2.05, 4.69) is 13.8 Å². The summed E-state index contributed by atoms with van der Waals surface area (Å²) in [6.45, 7) is 6.13. The highest BCUT2D eigenvalue weighted by molar-refractivity contribution is 6.20. The number of carbonyl (C=O) groups excluding carboxylic acids is 2. The Bertz CT molecular complexity index is 549. The molecule has 1 saturated heterocycles. The van der Waals surface area contributed by atoms with Gasteiger partial charge in [0.1, 0.15) is 0 Å². The van der Waals surface area contributed by atoms with Crippen molar-refractivity contribution in [2.75, 3.05) is 4.90 Å². The lowest BCUT2D eigenvalue weighted by Gasteiger charge is -2.47. The van der Waals surface area contributed by atoms with E-state index in [1.54, 1.807) is 0 Å². The maximum absolute atomic E-state index is 12.8. The second-order valence-electron chi connectivity index (χ2n) is 6.46. The third-order valence-corrected chi connectivity index (χ3v) is 5.43. The van der Waals surface area contributed by atoms with Crippen molar-refractivity contribution in [3.05, 3.63) is 30.3 Å². The van der Waals surface area contributed by atoms with Gasteiger partial charge in [0, 0.05) is 5.92 Å². The third kappa shape index (κ3) is 1.38. The van der Waals surface area contributed by atoms with Crippen molar-refractivity contribution < 1.29 is 9.59 Å². The fourth-order valence-corrected chi connectivity index (χ4v) is 3.64. The third-order valence-electron chi connectivity index (χ3n) is 5.43. The maximum atomic E-state index is 12.8. The molecule has 2 amide bonds. The van der Waals surface area contributed by atoms with E-state index in [0.29, 0.717) is 5.69 Å². The van der Waals surface area contributed by atoms with Crippen LogP contribution in [0.3, 0.4) is 0 Å². The Hall–Kier alpha value is -1.64. The molecule has 1 aliphatic carbocycles. The normalized spacial score (nSPS) is 32.8. The predicted octanol–water partition coefficient (Wildman–Crippen LogP) is 3.00. The number of imide groups is 1. The topological polar surface area (TPSA) is 37.4 Å². The van der Waals surface area contributed by atoms with Gasteiger partial charge >= 0.3 is 0 Å². The van der Waals surface area contributed by atoms with Crippen molar-refractivity contribution in [2.24, 2.45) is 16.7 Å². The molecule has 1 aromatic carbocycles. The van der Waals surface area contributed by atoms with Gasteiger partial charge < -0.3 is 0 Å². The number of fused-ring (bicyclic) bond motifs is 2. The second-order valence-corrected chi connectivity index (χ2v) is 6.46. The minimum Gasteiger partial charge on any atom is -0.274 e. The lowest BCUT2D eigenvalue weighted by molar-refractivity contribution is -0.146. The summed E-state index contributed by atoms with van der Waals surface area (Å²) in [5.74, 6) is -0.117. The van der Waals surface area contributed by atoms with Gasteiger partial charge in [0.15, 0.2) is 0 Å². The largest absolute Gasteiger partial charge is 0.274 e. The molecule has 1 aromatic rings. The van der Waals surface area contributed by atoms with Crippen molar-refractivity contribution in [1.82, 2.24) is 0 Å². The quantitative estimate of drug-likeness (QED) is 0.725. The van der Waals surface area contributed by atoms with Crippen LogP contribution in [0, 0.1) is 16.7 Å². The highest BCUT2D eigenvalue weighted by Crippen LogP contribution is 2.60. The van der Waals surface area contributed by atoms with Crippen molar-refractivity contribution in [3.63, 3.8) is 0 Å². The lowest BCUT2D eigenvalue weighted by Crippen LogP contribution is -2.59. The van der Waals surface area contributed by atoms with Crippen LogP contribution in [0.25, 0.3) is 0 Å². The zero-order chi connectivity index (χ0) is 13.8. The Morgan fingerprint density at radius 1 is 1.11 bits per heavy atom. The number of carbonyl (C=O) groups is 2. The Kier molecular flexibility index (Phi) is 2.40. The number of benzene rings is 1. The maximum Gasteiger partial charge on any atom is 0.240 e. The molecule has 2 unspecified atom stereocenters. The molecule has 2 bridgehead atoms. The summed E-state index contributed by atoms with van der Waals surface area (Å²) < 4.78 is 0. The number of amides is 2. The smallest absolute Gasteiger partial charge is 0.240 e. The number of rotatable bonds is 1. The summed E-state index contributed by atoms with van der Waals surface area (Å²) >= 11 is 0. The standard InChI is InChI=1S/C16H19NO2/c1-15(2)12-9-10-16(15,3)14(19)17(13(12)18)11-7-5-4-6-8-11/h4-8,12H,9-10H2,1-3H3. The molecule has 3 heteroatoms. The molecule has 1 heterocycles. The van der Waals surface area contributed by atoms with E-state index in [-0.39, 0.29) is 23.1 Å². The van der Waals surface area contributed by atoms with Crippen molar-refractivity contribution in [1.29, 1.82) is 0 Å². The molecule has 2 aliphatic rings. The van der Waals surface area contributed by atoms with Crippen molar-refractivity contribution in [2.45, 2.75) is 33.6 Å². The van der Waals surface area contributed by atoms with Crippen LogP contribution >= 0.6 is 0 Å². The Balaban J connectivity index is 2.12. The zero-order valence-electron chi connectivity index (χ0n) is 11.6. The van der Waals surface area contributed by atoms with E-state index in [1.165, 1.54) is 4.90 Å². The highest BCUT2D eigenvalue weighted by atomic mass is 16.2. The average molecular weight is 257 g/mol. The Morgan fingerprint density at radius 3 is 2.37 bits per heavy atom. The molecule has 2 atom stereocenters. The molecule has 3 rings (SSSR count). The Morgan fingerprint density at radius 2 is 1.74 bits per heavy atom. The molecular weight excluding hydrogens is 238 g/mol. The molecule has 0 spiro atoms.